The van der Waals surface area contributed by atoms with Crippen LogP contribution in [0.15, 0.2) is 30.7 Å². The fraction of sp³-hybridized carbons (Fsp3) is 0.400. The summed E-state index contributed by atoms with van der Waals surface area (Å²) in [6.07, 6.45) is 4.53. The van der Waals surface area contributed by atoms with Gasteiger partial charge in [0.15, 0.2) is 5.13 Å². The van der Waals surface area contributed by atoms with E-state index in [0.29, 0.717) is 28.7 Å². The summed E-state index contributed by atoms with van der Waals surface area (Å²) in [6.45, 7) is 7.23. The third-order valence-electron chi connectivity index (χ3n) is 4.69. The van der Waals surface area contributed by atoms with Crippen molar-refractivity contribution in [2.75, 3.05) is 45.3 Å². The van der Waals surface area contributed by atoms with Crippen LogP contribution in [0.25, 0.3) is 10.2 Å². The number of hydrogen-bond acceptors (Lipinski definition) is 8. The Labute approximate surface area is 186 Å². The molecule has 0 aliphatic rings. The number of amides is 1. The van der Waals surface area contributed by atoms with Gasteiger partial charge in [0.1, 0.15) is 27.4 Å². The average molecular weight is 452 g/mol. The van der Waals surface area contributed by atoms with Crippen LogP contribution in [0, 0.1) is 0 Å². The minimum atomic E-state index is -0.234. The summed E-state index contributed by atoms with van der Waals surface area (Å²) in [4.78, 5) is 30.1. The standard InChI is InChI=1S/C20H25N5O3S.ClH/c1-5-24(6-2)11-12-25(19(26)14-13-21-9-10-22-14)20-23-17-15(27-3)7-8-16(28-4)18(17)29-20;/h7-10,13H,5-6,11-12H2,1-4H3;1H. The van der Waals surface area contributed by atoms with Crippen LogP contribution >= 0.6 is 23.7 Å². The molecule has 1 amide bonds. The predicted octanol–water partition coefficient (Wildman–Crippen LogP) is 3.51. The number of likely N-dealkylation sites (N-methyl/N-ethyl adjacent to an activating group) is 1. The first-order valence-corrected chi connectivity index (χ1v) is 10.3. The van der Waals surface area contributed by atoms with Crippen molar-refractivity contribution in [2.24, 2.45) is 0 Å². The molecule has 3 rings (SSSR count). The van der Waals surface area contributed by atoms with E-state index in [4.69, 9.17) is 14.5 Å². The van der Waals surface area contributed by atoms with Gasteiger partial charge in [-0.05, 0) is 25.2 Å². The molecule has 0 bridgehead atoms. The van der Waals surface area contributed by atoms with Gasteiger partial charge in [0.25, 0.3) is 5.91 Å². The van der Waals surface area contributed by atoms with Gasteiger partial charge in [0, 0.05) is 25.5 Å². The van der Waals surface area contributed by atoms with Crippen LogP contribution in [0.4, 0.5) is 5.13 Å². The Bertz CT molecular complexity index is 925. The molecule has 3 aromatic rings. The SMILES string of the molecule is CCN(CC)CCN(C(=O)c1cnccn1)c1nc2c(OC)ccc(OC)c2s1.Cl. The maximum Gasteiger partial charge on any atom is 0.280 e. The number of thiazole rings is 1. The molecule has 0 N–H and O–H groups in total. The van der Waals surface area contributed by atoms with E-state index in [1.165, 1.54) is 23.7 Å². The number of ether oxygens (including phenoxy) is 2. The van der Waals surface area contributed by atoms with E-state index in [2.05, 4.69) is 28.7 Å². The highest BCUT2D eigenvalue weighted by Crippen LogP contribution is 2.40. The van der Waals surface area contributed by atoms with Crippen LogP contribution in [0.3, 0.4) is 0 Å². The van der Waals surface area contributed by atoms with E-state index in [0.717, 1.165) is 24.3 Å². The third kappa shape index (κ3) is 4.97. The first kappa shape index (κ1) is 23.8. The molecule has 8 nitrogen and oxygen atoms in total. The van der Waals surface area contributed by atoms with Gasteiger partial charge in [-0.15, -0.1) is 12.4 Å². The van der Waals surface area contributed by atoms with E-state index in [9.17, 15) is 4.79 Å². The molecule has 0 saturated heterocycles. The van der Waals surface area contributed by atoms with Gasteiger partial charge in [-0.25, -0.2) is 9.97 Å². The molecule has 0 unspecified atom stereocenters. The number of anilines is 1. The number of fused-ring (bicyclic) bond motifs is 1. The number of hydrogen-bond donors (Lipinski definition) is 0. The van der Waals surface area contributed by atoms with Crippen LogP contribution in [-0.4, -0.2) is 66.2 Å². The van der Waals surface area contributed by atoms with Gasteiger partial charge >= 0.3 is 0 Å². The lowest BCUT2D eigenvalue weighted by Crippen LogP contribution is -2.39. The van der Waals surface area contributed by atoms with Gasteiger partial charge in [-0.2, -0.15) is 0 Å². The number of carbonyl (C=O) groups excluding carboxylic acids is 1. The molecule has 2 heterocycles. The van der Waals surface area contributed by atoms with E-state index in [1.54, 1.807) is 25.3 Å². The molecular weight excluding hydrogens is 426 g/mol. The summed E-state index contributed by atoms with van der Waals surface area (Å²) in [5.74, 6) is 1.10. The van der Waals surface area contributed by atoms with Crippen LogP contribution in [0.5, 0.6) is 11.5 Å². The second kappa shape index (κ2) is 11.1. The van der Waals surface area contributed by atoms with Crippen LogP contribution in [0.2, 0.25) is 0 Å². The smallest absolute Gasteiger partial charge is 0.280 e. The zero-order chi connectivity index (χ0) is 20.8. The molecule has 0 spiro atoms. The second-order valence-electron chi connectivity index (χ2n) is 6.22. The minimum Gasteiger partial charge on any atom is -0.495 e. The van der Waals surface area contributed by atoms with Gasteiger partial charge in [0.2, 0.25) is 0 Å². The zero-order valence-corrected chi connectivity index (χ0v) is 19.1. The minimum absolute atomic E-state index is 0. The molecular formula is C20H26ClN5O3S. The molecule has 0 aliphatic carbocycles. The molecule has 162 valence electrons. The van der Waals surface area contributed by atoms with Gasteiger partial charge in [-0.3, -0.25) is 14.7 Å². The number of aromatic nitrogens is 3. The fourth-order valence-corrected chi connectivity index (χ4v) is 4.10. The van der Waals surface area contributed by atoms with Crippen molar-refractivity contribution in [1.82, 2.24) is 19.9 Å². The summed E-state index contributed by atoms with van der Waals surface area (Å²) >= 11 is 1.40. The predicted molar refractivity (Wildman–Crippen MR) is 121 cm³/mol. The number of carbonyl (C=O) groups is 1. The summed E-state index contributed by atoms with van der Waals surface area (Å²) < 4.78 is 11.8. The van der Waals surface area contributed by atoms with Crippen molar-refractivity contribution in [2.45, 2.75) is 13.8 Å². The van der Waals surface area contributed by atoms with E-state index < -0.39 is 0 Å². The number of benzene rings is 1. The van der Waals surface area contributed by atoms with Gasteiger partial charge in [0.05, 0.1) is 20.4 Å². The molecule has 0 fully saturated rings. The first-order chi connectivity index (χ1) is 14.1. The van der Waals surface area contributed by atoms with E-state index in [-0.39, 0.29) is 24.0 Å². The maximum absolute atomic E-state index is 13.2. The Kier molecular flexibility index (Phi) is 8.76. The van der Waals surface area contributed by atoms with Gasteiger partial charge in [-0.1, -0.05) is 25.2 Å². The molecule has 0 aliphatic heterocycles. The van der Waals surface area contributed by atoms with Crippen molar-refractivity contribution in [3.63, 3.8) is 0 Å². The number of halogens is 1. The lowest BCUT2D eigenvalue weighted by Gasteiger charge is -2.24. The number of nitrogens with zero attached hydrogens (tertiary/aromatic N) is 5. The van der Waals surface area contributed by atoms with Crippen molar-refractivity contribution < 1.29 is 14.3 Å². The van der Waals surface area contributed by atoms with E-state index in [1.807, 2.05) is 12.1 Å². The highest BCUT2D eigenvalue weighted by Gasteiger charge is 2.25. The summed E-state index contributed by atoms with van der Waals surface area (Å²) in [6, 6.07) is 3.66. The van der Waals surface area contributed by atoms with Crippen LogP contribution < -0.4 is 14.4 Å². The van der Waals surface area contributed by atoms with Crippen molar-refractivity contribution in [3.05, 3.63) is 36.4 Å². The van der Waals surface area contributed by atoms with Crippen LogP contribution in [0.1, 0.15) is 24.3 Å². The lowest BCUT2D eigenvalue weighted by molar-refractivity contribution is 0.0978. The molecule has 30 heavy (non-hydrogen) atoms. The molecule has 0 saturated carbocycles. The molecule has 0 radical (unpaired) electrons. The number of rotatable bonds is 9. The molecule has 10 heteroatoms. The lowest BCUT2D eigenvalue weighted by atomic mass is 10.3. The quantitative estimate of drug-likeness (QED) is 0.492. The largest absolute Gasteiger partial charge is 0.495 e. The Hall–Kier alpha value is -2.49. The zero-order valence-electron chi connectivity index (χ0n) is 17.5. The van der Waals surface area contributed by atoms with Crippen molar-refractivity contribution >= 4 is 45.0 Å². The summed E-state index contributed by atoms with van der Waals surface area (Å²) in [5.41, 5.74) is 0.955. The van der Waals surface area contributed by atoms with Gasteiger partial charge < -0.3 is 14.4 Å². The molecule has 1 aromatic carbocycles. The normalized spacial score (nSPS) is 10.7. The Morgan fingerprint density at radius 2 is 1.77 bits per heavy atom. The average Bonchev–Trinajstić information content (AvgIpc) is 3.21. The highest BCUT2D eigenvalue weighted by molar-refractivity contribution is 7.22. The monoisotopic (exact) mass is 451 g/mol. The highest BCUT2D eigenvalue weighted by atomic mass is 35.5. The summed E-state index contributed by atoms with van der Waals surface area (Å²) in [7, 11) is 3.21. The molecule has 0 atom stereocenters. The number of methoxy groups -OCH3 is 2. The summed E-state index contributed by atoms with van der Waals surface area (Å²) in [5, 5.41) is 0.575. The molecule has 2 aromatic heterocycles. The fourth-order valence-electron chi connectivity index (χ4n) is 3.00. The Morgan fingerprint density at radius 1 is 1.07 bits per heavy atom. The van der Waals surface area contributed by atoms with Crippen molar-refractivity contribution in [3.8, 4) is 11.5 Å². The second-order valence-corrected chi connectivity index (χ2v) is 7.20. The Balaban J connectivity index is 0.00000320. The Morgan fingerprint density at radius 3 is 2.37 bits per heavy atom. The first-order valence-electron chi connectivity index (χ1n) is 9.44. The van der Waals surface area contributed by atoms with Crippen molar-refractivity contribution in [1.29, 1.82) is 0 Å². The maximum atomic E-state index is 13.2. The third-order valence-corrected chi connectivity index (χ3v) is 5.78. The van der Waals surface area contributed by atoms with E-state index >= 15 is 0 Å². The van der Waals surface area contributed by atoms with Crippen LogP contribution in [-0.2, 0) is 0 Å². The topological polar surface area (TPSA) is 80.7 Å².